The number of likely N-dealkylation sites (N-methyl/N-ethyl adjacent to an activating group) is 1. The molecule has 3 aromatic rings. The van der Waals surface area contributed by atoms with Crippen LogP contribution in [-0.2, 0) is 22.1 Å². The van der Waals surface area contributed by atoms with Gasteiger partial charge in [-0.3, -0.25) is 0 Å². The second-order valence-electron chi connectivity index (χ2n) is 9.01. The highest BCUT2D eigenvalue weighted by molar-refractivity contribution is 7.85. The smallest absolute Gasteiger partial charge is 0.213 e. The van der Waals surface area contributed by atoms with E-state index in [1.54, 1.807) is 0 Å². The van der Waals surface area contributed by atoms with Crippen molar-refractivity contribution in [3.63, 3.8) is 0 Å². The van der Waals surface area contributed by atoms with Gasteiger partial charge in [-0.1, -0.05) is 50.3 Å². The van der Waals surface area contributed by atoms with Gasteiger partial charge in [-0.15, -0.1) is 0 Å². The van der Waals surface area contributed by atoms with Crippen molar-refractivity contribution in [2.45, 2.75) is 32.2 Å². The molecule has 0 amide bonds. The molecule has 174 valence electrons. The molecule has 1 aromatic heterocycles. The average molecular weight is 474 g/mol. The molecule has 0 radical (unpaired) electrons. The minimum absolute atomic E-state index is 0.252. The highest BCUT2D eigenvalue weighted by atomic mass is 32.2. The molecule has 4 rings (SSSR count). The van der Waals surface area contributed by atoms with E-state index in [1.165, 1.54) is 5.56 Å². The van der Waals surface area contributed by atoms with Crippen LogP contribution in [0.2, 0.25) is 0 Å². The molecule has 1 aliphatic heterocycles. The second kappa shape index (κ2) is 9.05. The molecule has 6 nitrogen and oxygen atoms in total. The van der Waals surface area contributed by atoms with Gasteiger partial charge in [0.2, 0.25) is 5.52 Å². The van der Waals surface area contributed by atoms with E-state index in [0.717, 1.165) is 27.9 Å². The second-order valence-corrected chi connectivity index (χ2v) is 10.5. The van der Waals surface area contributed by atoms with E-state index >= 15 is 0 Å². The molecule has 0 spiro atoms. The van der Waals surface area contributed by atoms with Gasteiger partial charge in [-0.05, 0) is 29.3 Å². The van der Waals surface area contributed by atoms with E-state index in [1.807, 2.05) is 72.4 Å². The number of nitrogens with zero attached hydrogens (tertiary/aromatic N) is 3. The maximum absolute atomic E-state index is 11.0. The molecule has 0 aliphatic carbocycles. The summed E-state index contributed by atoms with van der Waals surface area (Å²) < 4.78 is 34.8. The molecular weight excluding hydrogens is 446 g/mol. The van der Waals surface area contributed by atoms with Crippen LogP contribution in [0.4, 0.5) is 5.69 Å². The molecule has 7 heteroatoms. The minimum Gasteiger partial charge on any atom is -0.748 e. The zero-order chi connectivity index (χ0) is 24.5. The van der Waals surface area contributed by atoms with Gasteiger partial charge in [-0.2, -0.15) is 9.83 Å². The highest BCUT2D eigenvalue weighted by Gasteiger charge is 2.39. The van der Waals surface area contributed by atoms with Crippen molar-refractivity contribution in [2.24, 2.45) is 0 Å². The van der Waals surface area contributed by atoms with E-state index in [4.69, 9.17) is 0 Å². The van der Waals surface area contributed by atoms with Gasteiger partial charge in [0.15, 0.2) is 6.20 Å². The summed E-state index contributed by atoms with van der Waals surface area (Å²) in [4.78, 5) is 2.10. The summed E-state index contributed by atoms with van der Waals surface area (Å²) in [6.07, 6.45) is 5.96. The van der Waals surface area contributed by atoms with E-state index in [-0.39, 0.29) is 17.6 Å². The van der Waals surface area contributed by atoms with Gasteiger partial charge >= 0.3 is 0 Å². The SMILES string of the molecule is CN1/C(=C(C#N)\C=C\c2cc[n+](CCCS(=O)(=O)[O-])c3ccccc23)C(C)(C)c2ccccc21. The van der Waals surface area contributed by atoms with Crippen molar-refractivity contribution in [3.05, 3.63) is 89.3 Å². The molecule has 1 aliphatic rings. The van der Waals surface area contributed by atoms with Gasteiger partial charge in [0.1, 0.15) is 12.6 Å². The number of hydrogen-bond acceptors (Lipinski definition) is 5. The fraction of sp³-hybridized carbons (Fsp3) is 0.259. The lowest BCUT2D eigenvalue weighted by atomic mass is 9.82. The topological polar surface area (TPSA) is 88.1 Å². The van der Waals surface area contributed by atoms with Crippen LogP contribution in [-0.4, -0.2) is 25.8 Å². The number of aryl methyl sites for hydroxylation is 1. The van der Waals surface area contributed by atoms with Crippen molar-refractivity contribution in [2.75, 3.05) is 17.7 Å². The molecule has 2 aromatic carbocycles. The number of para-hydroxylation sites is 2. The number of allylic oxidation sites excluding steroid dienone is 3. The number of benzene rings is 2. The van der Waals surface area contributed by atoms with E-state index in [9.17, 15) is 18.2 Å². The quantitative estimate of drug-likeness (QED) is 0.303. The van der Waals surface area contributed by atoms with Crippen LogP contribution in [0, 0.1) is 11.3 Å². The van der Waals surface area contributed by atoms with Gasteiger partial charge < -0.3 is 9.45 Å². The summed E-state index contributed by atoms with van der Waals surface area (Å²) >= 11 is 0. The molecule has 0 saturated carbocycles. The summed E-state index contributed by atoms with van der Waals surface area (Å²) in [7, 11) is -2.24. The van der Waals surface area contributed by atoms with Crippen molar-refractivity contribution in [1.82, 2.24) is 0 Å². The van der Waals surface area contributed by atoms with Crippen molar-refractivity contribution in [1.29, 1.82) is 5.26 Å². The average Bonchev–Trinajstić information content (AvgIpc) is 3.00. The normalized spacial score (nSPS) is 16.6. The Morgan fingerprint density at radius 2 is 1.85 bits per heavy atom. The lowest BCUT2D eigenvalue weighted by Gasteiger charge is -2.25. The summed E-state index contributed by atoms with van der Waals surface area (Å²) in [5, 5.41) is 11.0. The van der Waals surface area contributed by atoms with E-state index in [2.05, 4.69) is 36.9 Å². The number of anilines is 1. The van der Waals surface area contributed by atoms with E-state index < -0.39 is 10.1 Å². The van der Waals surface area contributed by atoms with Crippen LogP contribution in [0.1, 0.15) is 31.4 Å². The van der Waals surface area contributed by atoms with E-state index in [0.29, 0.717) is 12.1 Å². The molecule has 2 heterocycles. The van der Waals surface area contributed by atoms with Gasteiger partial charge in [-0.25, -0.2) is 8.42 Å². The number of pyridine rings is 1. The maximum Gasteiger partial charge on any atom is 0.213 e. The van der Waals surface area contributed by atoms with Crippen LogP contribution < -0.4 is 9.47 Å². The minimum atomic E-state index is -4.23. The van der Waals surface area contributed by atoms with Gasteiger partial charge in [0.05, 0.1) is 21.1 Å². The first-order valence-electron chi connectivity index (χ1n) is 11.1. The lowest BCUT2D eigenvalue weighted by Crippen LogP contribution is -2.35. The van der Waals surface area contributed by atoms with Crippen LogP contribution >= 0.6 is 0 Å². The molecule has 0 N–H and O–H groups in total. The Labute approximate surface area is 200 Å². The number of fused-ring (bicyclic) bond motifs is 2. The molecule has 0 fully saturated rings. The Kier molecular flexibility index (Phi) is 6.30. The van der Waals surface area contributed by atoms with Crippen molar-refractivity contribution < 1.29 is 17.5 Å². The lowest BCUT2D eigenvalue weighted by molar-refractivity contribution is -0.671. The predicted octanol–water partition coefficient (Wildman–Crippen LogP) is 4.28. The van der Waals surface area contributed by atoms with Crippen molar-refractivity contribution >= 4 is 32.8 Å². The third-order valence-corrected chi connectivity index (χ3v) is 7.21. The maximum atomic E-state index is 11.0. The zero-order valence-electron chi connectivity index (χ0n) is 19.5. The Morgan fingerprint density at radius 1 is 1.15 bits per heavy atom. The first-order valence-corrected chi connectivity index (χ1v) is 12.7. The number of rotatable bonds is 6. The van der Waals surface area contributed by atoms with Crippen LogP contribution in [0.25, 0.3) is 17.0 Å². The summed E-state index contributed by atoms with van der Waals surface area (Å²) in [6.45, 7) is 4.70. The Morgan fingerprint density at radius 3 is 2.56 bits per heavy atom. The first-order chi connectivity index (χ1) is 16.1. The third-order valence-electron chi connectivity index (χ3n) is 6.42. The van der Waals surface area contributed by atoms with Crippen LogP contribution in [0.5, 0.6) is 0 Å². The number of hydrogen-bond donors (Lipinski definition) is 0. The third kappa shape index (κ3) is 4.47. The summed E-state index contributed by atoms with van der Waals surface area (Å²) in [5.74, 6) is -0.388. The summed E-state index contributed by atoms with van der Waals surface area (Å²) in [5.41, 5.74) is 5.45. The molecule has 34 heavy (non-hydrogen) atoms. The highest BCUT2D eigenvalue weighted by Crippen LogP contribution is 2.48. The monoisotopic (exact) mass is 473 g/mol. The zero-order valence-corrected chi connectivity index (χ0v) is 20.3. The van der Waals surface area contributed by atoms with Crippen molar-refractivity contribution in [3.8, 4) is 6.07 Å². The number of nitriles is 1. The fourth-order valence-corrected chi connectivity index (χ4v) is 5.36. The molecule has 0 atom stereocenters. The van der Waals surface area contributed by atoms with Gasteiger partial charge in [0, 0.05) is 48.2 Å². The Balaban J connectivity index is 1.71. The van der Waals surface area contributed by atoms with Crippen LogP contribution in [0.15, 0.2) is 78.1 Å². The summed E-state index contributed by atoms with van der Waals surface area (Å²) in [6, 6.07) is 20.4. The Hall–Kier alpha value is -3.47. The largest absolute Gasteiger partial charge is 0.748 e. The van der Waals surface area contributed by atoms with Crippen LogP contribution in [0.3, 0.4) is 0 Å². The molecule has 0 saturated heterocycles. The molecular formula is C27H27N3O3S. The molecule has 0 unspecified atom stereocenters. The Bertz CT molecular complexity index is 1460. The fourth-order valence-electron chi connectivity index (χ4n) is 4.88. The number of aromatic nitrogens is 1. The van der Waals surface area contributed by atoms with Gasteiger partial charge in [0.25, 0.3) is 0 Å². The predicted molar refractivity (Wildman–Crippen MR) is 133 cm³/mol. The molecule has 0 bridgehead atoms. The first kappa shape index (κ1) is 23.7. The standard InChI is InChI=1S/C27H27N3O3S/c1-27(2)23-10-5-7-12-25(23)29(3)26(27)21(19-28)14-13-20-15-17-30(16-8-18-34(31,32)33)24-11-6-4-9-22(20)24/h4-7,9-15,17H,8,16,18H2,1-3H3.